The second kappa shape index (κ2) is 16.4. The number of carbonyl (C=O) groups is 6. The molecule has 0 aliphatic carbocycles. The Morgan fingerprint density at radius 1 is 0.771 bits per heavy atom. The van der Waals surface area contributed by atoms with Crippen LogP contribution in [0.2, 0.25) is 0 Å². The van der Waals surface area contributed by atoms with Crippen molar-refractivity contribution in [3.8, 4) is 0 Å². The second-order valence-electron chi connectivity index (χ2n) is 8.72. The number of unbranched alkanes of at least 4 members (excludes halogenated alkanes) is 1. The molecular weight excluding hydrogens is 462 g/mol. The van der Waals surface area contributed by atoms with Crippen LogP contribution in [0.5, 0.6) is 0 Å². The zero-order chi connectivity index (χ0) is 27.1. The number of nitrogens with two attached hydrogens (primary N) is 4. The number of aliphatic carboxylic acids is 1. The van der Waals surface area contributed by atoms with Gasteiger partial charge in [-0.05, 0) is 44.6 Å². The summed E-state index contributed by atoms with van der Waals surface area (Å²) in [6.07, 6.45) is 0.498. The molecule has 0 aromatic rings. The Morgan fingerprint density at radius 2 is 1.31 bits per heavy atom. The van der Waals surface area contributed by atoms with E-state index in [9.17, 15) is 33.9 Å². The first-order valence-corrected chi connectivity index (χ1v) is 11.4. The molecule has 0 aliphatic rings. The van der Waals surface area contributed by atoms with E-state index in [0.717, 1.165) is 0 Å². The Morgan fingerprint density at radius 3 is 1.80 bits per heavy atom. The quantitative estimate of drug-likeness (QED) is 0.0898. The third-order valence-corrected chi connectivity index (χ3v) is 4.97. The summed E-state index contributed by atoms with van der Waals surface area (Å²) < 4.78 is 0. The van der Waals surface area contributed by atoms with E-state index < -0.39 is 66.1 Å². The standard InChI is InChI=1S/C21H39N7O7/c1-11(2)9-15(20(33)27-14(21(34)35)5-3-4-8-22)28-19(32)13(6-7-16(24)29)26-18(31)12(23)10-17(25)30/h11-15H,3-10,22-23H2,1-2H3,(H2,24,29)(H2,25,30)(H,26,31)(H,27,33)(H,28,32)(H,34,35). The summed E-state index contributed by atoms with van der Waals surface area (Å²) in [5, 5.41) is 16.7. The third kappa shape index (κ3) is 13.9. The van der Waals surface area contributed by atoms with Gasteiger partial charge in [-0.2, -0.15) is 0 Å². The Bertz CT molecular complexity index is 760. The number of carboxylic acid groups (broad SMARTS) is 1. The molecule has 12 N–H and O–H groups in total. The van der Waals surface area contributed by atoms with E-state index in [1.165, 1.54) is 0 Å². The van der Waals surface area contributed by atoms with Gasteiger partial charge in [-0.1, -0.05) is 13.8 Å². The number of hydrogen-bond donors (Lipinski definition) is 8. The molecule has 0 aromatic carbocycles. The minimum Gasteiger partial charge on any atom is -0.480 e. The maximum Gasteiger partial charge on any atom is 0.326 e. The van der Waals surface area contributed by atoms with E-state index >= 15 is 0 Å². The SMILES string of the molecule is CC(C)CC(NC(=O)C(CCC(N)=O)NC(=O)C(N)CC(N)=O)C(=O)NC(CCCCN)C(=O)O. The fourth-order valence-electron chi connectivity index (χ4n) is 3.14. The monoisotopic (exact) mass is 501 g/mol. The average molecular weight is 502 g/mol. The van der Waals surface area contributed by atoms with Gasteiger partial charge in [-0.25, -0.2) is 4.79 Å². The molecule has 0 saturated heterocycles. The van der Waals surface area contributed by atoms with Gasteiger partial charge in [0.05, 0.1) is 12.5 Å². The average Bonchev–Trinajstić information content (AvgIpc) is 2.73. The van der Waals surface area contributed by atoms with Crippen molar-refractivity contribution in [3.05, 3.63) is 0 Å². The van der Waals surface area contributed by atoms with Crippen LogP contribution >= 0.6 is 0 Å². The van der Waals surface area contributed by atoms with Gasteiger partial charge in [0.2, 0.25) is 29.5 Å². The van der Waals surface area contributed by atoms with Crippen LogP contribution < -0.4 is 38.9 Å². The van der Waals surface area contributed by atoms with Crippen molar-refractivity contribution in [2.24, 2.45) is 28.9 Å². The van der Waals surface area contributed by atoms with E-state index in [4.69, 9.17) is 22.9 Å². The van der Waals surface area contributed by atoms with Crippen molar-refractivity contribution in [3.63, 3.8) is 0 Å². The molecule has 0 aromatic heterocycles. The number of rotatable bonds is 18. The lowest BCUT2D eigenvalue weighted by molar-refractivity contribution is -0.142. The van der Waals surface area contributed by atoms with Crippen molar-refractivity contribution in [1.29, 1.82) is 0 Å². The van der Waals surface area contributed by atoms with Gasteiger partial charge in [-0.3, -0.25) is 24.0 Å². The lowest BCUT2D eigenvalue weighted by Gasteiger charge is -2.26. The Kier molecular flexibility index (Phi) is 14.9. The lowest BCUT2D eigenvalue weighted by Crippen LogP contribution is -2.57. The molecule has 0 rings (SSSR count). The summed E-state index contributed by atoms with van der Waals surface area (Å²) in [6, 6.07) is -4.91. The zero-order valence-electron chi connectivity index (χ0n) is 20.2. The number of hydrogen-bond acceptors (Lipinski definition) is 8. The van der Waals surface area contributed by atoms with Gasteiger partial charge in [-0.15, -0.1) is 0 Å². The van der Waals surface area contributed by atoms with Crippen LogP contribution in [0, 0.1) is 5.92 Å². The first-order valence-electron chi connectivity index (χ1n) is 11.4. The molecule has 0 spiro atoms. The first kappa shape index (κ1) is 31.7. The van der Waals surface area contributed by atoms with Crippen LogP contribution in [-0.4, -0.2) is 71.3 Å². The summed E-state index contributed by atoms with van der Waals surface area (Å²) in [7, 11) is 0. The van der Waals surface area contributed by atoms with Crippen LogP contribution in [0.25, 0.3) is 0 Å². The maximum atomic E-state index is 12.9. The van der Waals surface area contributed by atoms with Crippen molar-refractivity contribution in [2.75, 3.05) is 6.54 Å². The van der Waals surface area contributed by atoms with Crippen LogP contribution in [0.1, 0.15) is 58.8 Å². The number of carboxylic acids is 1. The molecule has 0 heterocycles. The molecule has 0 saturated carbocycles. The molecule has 4 atom stereocenters. The van der Waals surface area contributed by atoms with Gasteiger partial charge in [0.15, 0.2) is 0 Å². The summed E-state index contributed by atoms with van der Waals surface area (Å²) in [4.78, 5) is 71.9. The smallest absolute Gasteiger partial charge is 0.326 e. The summed E-state index contributed by atoms with van der Waals surface area (Å²) in [6.45, 7) is 3.99. The maximum absolute atomic E-state index is 12.9. The van der Waals surface area contributed by atoms with Gasteiger partial charge < -0.3 is 44.0 Å². The molecule has 5 amide bonds. The van der Waals surface area contributed by atoms with Crippen LogP contribution in [0.15, 0.2) is 0 Å². The van der Waals surface area contributed by atoms with Crippen LogP contribution in [0.4, 0.5) is 0 Å². The van der Waals surface area contributed by atoms with Gasteiger partial charge in [0, 0.05) is 6.42 Å². The topological polar surface area (TPSA) is 263 Å². The summed E-state index contributed by atoms with van der Waals surface area (Å²) in [5.74, 6) is -5.20. The minimum atomic E-state index is -1.32. The fourth-order valence-corrected chi connectivity index (χ4v) is 3.14. The fraction of sp³-hybridized carbons (Fsp3) is 0.714. The summed E-state index contributed by atoms with van der Waals surface area (Å²) >= 11 is 0. The largest absolute Gasteiger partial charge is 0.480 e. The molecule has 200 valence electrons. The van der Waals surface area contributed by atoms with E-state index in [0.29, 0.717) is 19.4 Å². The van der Waals surface area contributed by atoms with Crippen molar-refractivity contribution in [2.45, 2.75) is 83.0 Å². The lowest BCUT2D eigenvalue weighted by atomic mass is 10.0. The van der Waals surface area contributed by atoms with Crippen LogP contribution in [-0.2, 0) is 28.8 Å². The van der Waals surface area contributed by atoms with Crippen LogP contribution in [0.3, 0.4) is 0 Å². The molecule has 0 aliphatic heterocycles. The Hall–Kier alpha value is -3.26. The number of primary amides is 2. The second-order valence-corrected chi connectivity index (χ2v) is 8.72. The van der Waals surface area contributed by atoms with Gasteiger partial charge >= 0.3 is 5.97 Å². The Balaban J connectivity index is 5.53. The highest BCUT2D eigenvalue weighted by Crippen LogP contribution is 2.09. The molecule has 0 bridgehead atoms. The molecular formula is C21H39N7O7. The zero-order valence-corrected chi connectivity index (χ0v) is 20.2. The molecule has 4 unspecified atom stereocenters. The Labute approximate surface area is 204 Å². The first-order chi connectivity index (χ1) is 16.3. The van der Waals surface area contributed by atoms with Crippen molar-refractivity contribution < 1.29 is 33.9 Å². The number of carbonyl (C=O) groups excluding carboxylic acids is 5. The van der Waals surface area contributed by atoms with Gasteiger partial charge in [0.1, 0.15) is 18.1 Å². The number of amides is 5. The highest BCUT2D eigenvalue weighted by atomic mass is 16.4. The third-order valence-electron chi connectivity index (χ3n) is 4.97. The summed E-state index contributed by atoms with van der Waals surface area (Å²) in [5.41, 5.74) is 21.2. The highest BCUT2D eigenvalue weighted by molar-refractivity contribution is 5.95. The highest BCUT2D eigenvalue weighted by Gasteiger charge is 2.31. The predicted octanol–water partition coefficient (Wildman–Crippen LogP) is -2.83. The molecule has 35 heavy (non-hydrogen) atoms. The van der Waals surface area contributed by atoms with Gasteiger partial charge in [0.25, 0.3) is 0 Å². The van der Waals surface area contributed by atoms with E-state index in [1.807, 2.05) is 0 Å². The normalized spacial score (nSPS) is 14.3. The van der Waals surface area contributed by atoms with Crippen molar-refractivity contribution >= 4 is 35.5 Å². The molecule has 0 radical (unpaired) electrons. The van der Waals surface area contributed by atoms with Crippen molar-refractivity contribution in [1.82, 2.24) is 16.0 Å². The number of nitrogens with one attached hydrogen (secondary N) is 3. The van der Waals surface area contributed by atoms with E-state index in [1.54, 1.807) is 13.8 Å². The minimum absolute atomic E-state index is 0.0609. The molecule has 0 fully saturated rings. The van der Waals surface area contributed by atoms with E-state index in [2.05, 4.69) is 16.0 Å². The molecule has 14 nitrogen and oxygen atoms in total. The molecule has 14 heteroatoms. The predicted molar refractivity (Wildman–Crippen MR) is 126 cm³/mol. The van der Waals surface area contributed by atoms with E-state index in [-0.39, 0.29) is 31.6 Å².